The van der Waals surface area contributed by atoms with E-state index in [1.54, 1.807) is 6.07 Å². The van der Waals surface area contributed by atoms with Crippen molar-refractivity contribution in [1.29, 1.82) is 0 Å². The molecule has 0 radical (unpaired) electrons. The number of carbonyl (C=O) groups excluding carboxylic acids is 1. The quantitative estimate of drug-likeness (QED) is 0.668. The predicted molar refractivity (Wildman–Crippen MR) is 115 cm³/mol. The zero-order valence-corrected chi connectivity index (χ0v) is 18.0. The lowest BCUT2D eigenvalue weighted by atomic mass is 10.1. The third-order valence-corrected chi connectivity index (χ3v) is 8.24. The minimum Gasteiger partial charge on any atom is -0.324 e. The van der Waals surface area contributed by atoms with Crippen molar-refractivity contribution in [2.24, 2.45) is 4.99 Å². The first kappa shape index (κ1) is 22.6. The Bertz CT molecular complexity index is 1180. The first-order chi connectivity index (χ1) is 15.0. The normalized spacial score (nSPS) is 21.7. The fourth-order valence-electron chi connectivity index (χ4n) is 3.57. The van der Waals surface area contributed by atoms with Crippen molar-refractivity contribution >= 4 is 44.0 Å². The molecule has 6 nitrogen and oxygen atoms in total. The Morgan fingerprint density at radius 3 is 2.50 bits per heavy atom. The molecule has 0 spiro atoms. The van der Waals surface area contributed by atoms with E-state index in [-0.39, 0.29) is 27.6 Å². The van der Waals surface area contributed by atoms with Gasteiger partial charge in [-0.05, 0) is 24.3 Å². The van der Waals surface area contributed by atoms with Gasteiger partial charge in [0.2, 0.25) is 5.91 Å². The molecule has 32 heavy (non-hydrogen) atoms. The number of para-hydroxylation sites is 2. The summed E-state index contributed by atoms with van der Waals surface area (Å²) in [4.78, 5) is 18.3. The number of halogens is 4. The number of nitrogens with zero attached hydrogens (tertiary/aromatic N) is 2. The summed E-state index contributed by atoms with van der Waals surface area (Å²) in [6.07, 6.45) is -4.66. The first-order valence-electron chi connectivity index (χ1n) is 9.46. The first-order valence-corrected chi connectivity index (χ1v) is 12.2. The molecule has 0 saturated carbocycles. The molecule has 0 unspecified atom stereocenters. The van der Waals surface area contributed by atoms with Crippen molar-refractivity contribution in [1.82, 2.24) is 0 Å². The van der Waals surface area contributed by atoms with Crippen LogP contribution in [-0.4, -0.2) is 48.8 Å². The highest BCUT2D eigenvalue weighted by Crippen LogP contribution is 2.38. The van der Waals surface area contributed by atoms with Gasteiger partial charge < -0.3 is 10.2 Å². The van der Waals surface area contributed by atoms with Gasteiger partial charge in [0.25, 0.3) is 0 Å². The Labute approximate surface area is 185 Å². The van der Waals surface area contributed by atoms with Gasteiger partial charge in [-0.1, -0.05) is 36.0 Å². The summed E-state index contributed by atoms with van der Waals surface area (Å²) >= 11 is 1.12. The average Bonchev–Trinajstić information content (AvgIpc) is 3.20. The maximum absolute atomic E-state index is 14.5. The van der Waals surface area contributed by atoms with Crippen molar-refractivity contribution < 1.29 is 30.8 Å². The Balaban J connectivity index is 1.60. The molecule has 2 aliphatic heterocycles. The third-order valence-electron chi connectivity index (χ3n) is 4.99. The highest BCUT2D eigenvalue weighted by atomic mass is 32.2. The molecule has 0 aromatic heterocycles. The summed E-state index contributed by atoms with van der Waals surface area (Å²) < 4.78 is 77.9. The zero-order valence-electron chi connectivity index (χ0n) is 16.3. The number of aliphatic imine (C=N–C) groups is 1. The van der Waals surface area contributed by atoms with Gasteiger partial charge in [0, 0.05) is 5.25 Å². The van der Waals surface area contributed by atoms with Crippen LogP contribution in [0, 0.1) is 5.82 Å². The van der Waals surface area contributed by atoms with E-state index in [1.165, 1.54) is 35.2 Å². The van der Waals surface area contributed by atoms with Gasteiger partial charge in [0.1, 0.15) is 12.4 Å². The Morgan fingerprint density at radius 1 is 1.12 bits per heavy atom. The molecule has 1 fully saturated rings. The van der Waals surface area contributed by atoms with Crippen LogP contribution in [0.2, 0.25) is 0 Å². The fraction of sp³-hybridized carbons (Fsp3) is 0.300. The SMILES string of the molecule is O=C(CN(C1=N[C@H]2CS(=O)(=O)C[C@@H]2S1)c1ccccc1F)Nc1ccccc1C(F)(F)F. The molecule has 170 valence electrons. The van der Waals surface area contributed by atoms with Crippen LogP contribution in [0.25, 0.3) is 0 Å². The van der Waals surface area contributed by atoms with Gasteiger partial charge in [-0.3, -0.25) is 9.79 Å². The Morgan fingerprint density at radius 2 is 1.81 bits per heavy atom. The Kier molecular flexibility index (Phi) is 5.93. The number of amides is 1. The van der Waals surface area contributed by atoms with Crippen molar-refractivity contribution in [3.05, 3.63) is 59.9 Å². The van der Waals surface area contributed by atoms with Crippen LogP contribution >= 0.6 is 11.8 Å². The van der Waals surface area contributed by atoms with Crippen LogP contribution in [0.15, 0.2) is 53.5 Å². The molecule has 1 saturated heterocycles. The van der Waals surface area contributed by atoms with E-state index in [0.29, 0.717) is 0 Å². The number of fused-ring (bicyclic) bond motifs is 1. The molecule has 2 aromatic rings. The molecule has 12 heteroatoms. The topological polar surface area (TPSA) is 78.8 Å². The second kappa shape index (κ2) is 8.39. The summed E-state index contributed by atoms with van der Waals surface area (Å²) in [6, 6.07) is 9.65. The van der Waals surface area contributed by atoms with Gasteiger partial charge in [-0.25, -0.2) is 12.8 Å². The van der Waals surface area contributed by atoms with Gasteiger partial charge in [0.05, 0.1) is 34.5 Å². The number of carbonyl (C=O) groups is 1. The van der Waals surface area contributed by atoms with Crippen LogP contribution in [0.5, 0.6) is 0 Å². The van der Waals surface area contributed by atoms with E-state index < -0.39 is 51.6 Å². The monoisotopic (exact) mass is 487 g/mol. The van der Waals surface area contributed by atoms with E-state index >= 15 is 0 Å². The maximum atomic E-state index is 14.5. The number of amidine groups is 1. The molecule has 1 N–H and O–H groups in total. The summed E-state index contributed by atoms with van der Waals surface area (Å²) in [7, 11) is -3.22. The van der Waals surface area contributed by atoms with Crippen molar-refractivity contribution in [3.8, 4) is 0 Å². The second-order valence-electron chi connectivity index (χ2n) is 7.34. The number of anilines is 2. The van der Waals surface area contributed by atoms with E-state index in [1.807, 2.05) is 0 Å². The number of hydrogen-bond donors (Lipinski definition) is 1. The second-order valence-corrected chi connectivity index (χ2v) is 10.7. The van der Waals surface area contributed by atoms with Gasteiger partial charge in [-0.15, -0.1) is 0 Å². The lowest BCUT2D eigenvalue weighted by Gasteiger charge is -2.25. The maximum Gasteiger partial charge on any atom is 0.418 e. The minimum atomic E-state index is -4.66. The van der Waals surface area contributed by atoms with Gasteiger partial charge in [0.15, 0.2) is 15.0 Å². The van der Waals surface area contributed by atoms with Crippen molar-refractivity contribution in [3.63, 3.8) is 0 Å². The van der Waals surface area contributed by atoms with Crippen LogP contribution in [0.3, 0.4) is 0 Å². The molecule has 2 aromatic carbocycles. The molecule has 2 atom stereocenters. The fourth-order valence-corrected chi connectivity index (χ4v) is 7.34. The standard InChI is InChI=1S/C20H17F4N3O3S2/c21-13-6-2-4-8-16(13)27(19-26-15-10-32(29,30)11-17(15)31-19)9-18(28)25-14-7-3-1-5-12(14)20(22,23)24/h1-8,15,17H,9-11H2,(H,25,28)/t15-,17-/m0/s1. The molecule has 2 aliphatic rings. The number of benzene rings is 2. The number of thioether (sulfide) groups is 1. The van der Waals surface area contributed by atoms with Crippen molar-refractivity contribution in [2.45, 2.75) is 17.5 Å². The largest absolute Gasteiger partial charge is 0.418 e. The van der Waals surface area contributed by atoms with Gasteiger partial charge >= 0.3 is 6.18 Å². The molecule has 1 amide bonds. The van der Waals surface area contributed by atoms with Crippen LogP contribution in [0.4, 0.5) is 28.9 Å². The van der Waals surface area contributed by atoms with E-state index in [0.717, 1.165) is 23.9 Å². The number of sulfone groups is 1. The predicted octanol–water partition coefficient (Wildman–Crippen LogP) is 3.56. The summed E-state index contributed by atoms with van der Waals surface area (Å²) in [5, 5.41) is 2.14. The number of hydrogen-bond acceptors (Lipinski definition) is 6. The molecule has 0 bridgehead atoms. The lowest BCUT2D eigenvalue weighted by molar-refractivity contribution is -0.137. The minimum absolute atomic E-state index is 0.0147. The smallest absolute Gasteiger partial charge is 0.324 e. The molecular formula is C20H17F4N3O3S2. The third kappa shape index (κ3) is 4.75. The average molecular weight is 488 g/mol. The van der Waals surface area contributed by atoms with E-state index in [9.17, 15) is 30.8 Å². The molecular weight excluding hydrogens is 470 g/mol. The Hall–Kier alpha value is -2.60. The molecule has 0 aliphatic carbocycles. The summed E-state index contributed by atoms with van der Waals surface area (Å²) in [5.41, 5.74) is -1.40. The molecule has 2 heterocycles. The van der Waals surface area contributed by atoms with E-state index in [4.69, 9.17) is 0 Å². The van der Waals surface area contributed by atoms with Gasteiger partial charge in [-0.2, -0.15) is 13.2 Å². The van der Waals surface area contributed by atoms with E-state index in [2.05, 4.69) is 10.3 Å². The summed E-state index contributed by atoms with van der Waals surface area (Å²) in [5.74, 6) is -1.67. The molecule has 4 rings (SSSR count). The van der Waals surface area contributed by atoms with Crippen LogP contribution in [0.1, 0.15) is 5.56 Å². The highest BCUT2D eigenvalue weighted by Gasteiger charge is 2.44. The number of nitrogens with one attached hydrogen (secondary N) is 1. The number of rotatable bonds is 4. The zero-order chi connectivity index (χ0) is 23.1. The lowest BCUT2D eigenvalue weighted by Crippen LogP contribution is -2.37. The highest BCUT2D eigenvalue weighted by molar-refractivity contribution is 8.15. The van der Waals surface area contributed by atoms with Crippen molar-refractivity contribution in [2.75, 3.05) is 28.3 Å². The number of alkyl halides is 3. The summed E-state index contributed by atoms with van der Waals surface area (Å²) in [6.45, 7) is -0.509. The van der Waals surface area contributed by atoms with Crippen LogP contribution in [-0.2, 0) is 20.8 Å². The van der Waals surface area contributed by atoms with Crippen LogP contribution < -0.4 is 10.2 Å².